The summed E-state index contributed by atoms with van der Waals surface area (Å²) < 4.78 is 10.6. The van der Waals surface area contributed by atoms with E-state index in [2.05, 4.69) is 25.2 Å². The summed E-state index contributed by atoms with van der Waals surface area (Å²) in [5.41, 5.74) is 1.17. The molecule has 1 aromatic rings. The minimum Gasteiger partial charge on any atom is -0.496 e. The standard InChI is InChI=1S/C13H21NO2/c1-10(11(2)15-3)14-9-12-7-5-6-8-13(12)16-4/h5-8,10-11,14H,9H2,1-4H3. The summed E-state index contributed by atoms with van der Waals surface area (Å²) in [5.74, 6) is 0.923. The maximum absolute atomic E-state index is 5.29. The fraction of sp³-hybridized carbons (Fsp3) is 0.538. The molecule has 16 heavy (non-hydrogen) atoms. The topological polar surface area (TPSA) is 30.5 Å². The summed E-state index contributed by atoms with van der Waals surface area (Å²) in [6.45, 7) is 4.96. The van der Waals surface area contributed by atoms with E-state index >= 15 is 0 Å². The number of para-hydroxylation sites is 1. The minimum absolute atomic E-state index is 0.203. The van der Waals surface area contributed by atoms with Crippen molar-refractivity contribution in [3.63, 3.8) is 0 Å². The second-order valence-electron chi connectivity index (χ2n) is 3.92. The molecule has 3 heteroatoms. The molecule has 1 N–H and O–H groups in total. The molecule has 3 nitrogen and oxygen atoms in total. The molecule has 0 saturated carbocycles. The average Bonchev–Trinajstić information content (AvgIpc) is 2.35. The van der Waals surface area contributed by atoms with Crippen LogP contribution in [0.15, 0.2) is 24.3 Å². The van der Waals surface area contributed by atoms with Gasteiger partial charge in [-0.05, 0) is 19.9 Å². The fourth-order valence-electron chi connectivity index (χ4n) is 1.49. The highest BCUT2D eigenvalue weighted by Gasteiger charge is 2.11. The molecule has 0 aromatic heterocycles. The minimum atomic E-state index is 0.203. The van der Waals surface area contributed by atoms with Crippen molar-refractivity contribution in [3.05, 3.63) is 29.8 Å². The van der Waals surface area contributed by atoms with E-state index in [-0.39, 0.29) is 6.10 Å². The van der Waals surface area contributed by atoms with Crippen LogP contribution in [0.4, 0.5) is 0 Å². The van der Waals surface area contributed by atoms with Gasteiger partial charge in [0.25, 0.3) is 0 Å². The van der Waals surface area contributed by atoms with Gasteiger partial charge in [-0.2, -0.15) is 0 Å². The molecule has 0 radical (unpaired) electrons. The average molecular weight is 223 g/mol. The Morgan fingerprint density at radius 3 is 2.50 bits per heavy atom. The van der Waals surface area contributed by atoms with Crippen LogP contribution in [0.3, 0.4) is 0 Å². The maximum atomic E-state index is 5.29. The number of methoxy groups -OCH3 is 2. The van der Waals surface area contributed by atoms with Gasteiger partial charge in [0.1, 0.15) is 5.75 Å². The number of hydrogen-bond donors (Lipinski definition) is 1. The number of hydrogen-bond acceptors (Lipinski definition) is 3. The Hall–Kier alpha value is -1.06. The summed E-state index contributed by atoms with van der Waals surface area (Å²) in [7, 11) is 3.42. The largest absolute Gasteiger partial charge is 0.496 e. The van der Waals surface area contributed by atoms with E-state index in [1.54, 1.807) is 14.2 Å². The van der Waals surface area contributed by atoms with Gasteiger partial charge in [-0.25, -0.2) is 0 Å². The lowest BCUT2D eigenvalue weighted by atomic mass is 10.1. The zero-order valence-corrected chi connectivity index (χ0v) is 10.5. The first-order valence-corrected chi connectivity index (χ1v) is 5.57. The van der Waals surface area contributed by atoms with E-state index in [0.29, 0.717) is 6.04 Å². The van der Waals surface area contributed by atoms with Gasteiger partial charge in [0.2, 0.25) is 0 Å². The molecule has 1 rings (SSSR count). The predicted molar refractivity (Wildman–Crippen MR) is 65.8 cm³/mol. The van der Waals surface area contributed by atoms with E-state index in [1.165, 1.54) is 5.56 Å². The molecule has 2 unspecified atom stereocenters. The third-order valence-corrected chi connectivity index (χ3v) is 2.88. The van der Waals surface area contributed by atoms with Gasteiger partial charge in [0.05, 0.1) is 13.2 Å². The second kappa shape index (κ2) is 6.51. The zero-order valence-electron chi connectivity index (χ0n) is 10.5. The van der Waals surface area contributed by atoms with Crippen LogP contribution in [0.5, 0.6) is 5.75 Å². The lowest BCUT2D eigenvalue weighted by molar-refractivity contribution is 0.0881. The van der Waals surface area contributed by atoms with Gasteiger partial charge in [-0.1, -0.05) is 18.2 Å². The Morgan fingerprint density at radius 1 is 1.19 bits per heavy atom. The molecule has 0 heterocycles. The summed E-state index contributed by atoms with van der Waals surface area (Å²) in [6, 6.07) is 8.35. The Kier molecular flexibility index (Phi) is 5.29. The van der Waals surface area contributed by atoms with Crippen LogP contribution in [0, 0.1) is 0 Å². The van der Waals surface area contributed by atoms with Crippen LogP contribution < -0.4 is 10.1 Å². The van der Waals surface area contributed by atoms with Gasteiger partial charge in [0, 0.05) is 25.3 Å². The van der Waals surface area contributed by atoms with Crippen LogP contribution >= 0.6 is 0 Å². The normalized spacial score (nSPS) is 14.5. The van der Waals surface area contributed by atoms with Crippen LogP contribution in [0.1, 0.15) is 19.4 Å². The third kappa shape index (κ3) is 3.51. The highest BCUT2D eigenvalue weighted by Crippen LogP contribution is 2.17. The van der Waals surface area contributed by atoms with Crippen LogP contribution in [-0.2, 0) is 11.3 Å². The van der Waals surface area contributed by atoms with Crippen molar-refractivity contribution in [3.8, 4) is 5.75 Å². The van der Waals surface area contributed by atoms with Crippen molar-refractivity contribution in [1.82, 2.24) is 5.32 Å². The van der Waals surface area contributed by atoms with Gasteiger partial charge in [-0.3, -0.25) is 0 Å². The van der Waals surface area contributed by atoms with E-state index < -0.39 is 0 Å². The lowest BCUT2D eigenvalue weighted by Crippen LogP contribution is -2.36. The van der Waals surface area contributed by atoms with Crippen LogP contribution in [-0.4, -0.2) is 26.4 Å². The first-order valence-electron chi connectivity index (χ1n) is 5.57. The van der Waals surface area contributed by atoms with E-state index in [1.807, 2.05) is 18.2 Å². The molecule has 1 aromatic carbocycles. The Labute approximate surface area is 97.8 Å². The molecule has 90 valence electrons. The highest BCUT2D eigenvalue weighted by molar-refractivity contribution is 5.33. The first-order chi connectivity index (χ1) is 7.69. The molecule has 0 spiro atoms. The predicted octanol–water partition coefficient (Wildman–Crippen LogP) is 2.21. The number of benzene rings is 1. The summed E-state index contributed by atoms with van der Waals surface area (Å²) in [5, 5.41) is 3.42. The molecular weight excluding hydrogens is 202 g/mol. The molecule has 0 saturated heterocycles. The van der Waals surface area contributed by atoms with Crippen molar-refractivity contribution in [2.45, 2.75) is 32.5 Å². The van der Waals surface area contributed by atoms with Crippen molar-refractivity contribution >= 4 is 0 Å². The van der Waals surface area contributed by atoms with Crippen molar-refractivity contribution in [2.75, 3.05) is 14.2 Å². The van der Waals surface area contributed by atoms with Gasteiger partial charge in [-0.15, -0.1) is 0 Å². The molecule has 0 aliphatic heterocycles. The molecular formula is C13H21NO2. The van der Waals surface area contributed by atoms with Crippen molar-refractivity contribution < 1.29 is 9.47 Å². The summed E-state index contributed by atoms with van der Waals surface area (Å²) in [6.07, 6.45) is 0.203. The lowest BCUT2D eigenvalue weighted by Gasteiger charge is -2.20. The number of ether oxygens (including phenoxy) is 2. The Balaban J connectivity index is 2.54. The second-order valence-corrected chi connectivity index (χ2v) is 3.92. The van der Waals surface area contributed by atoms with Gasteiger partial charge < -0.3 is 14.8 Å². The van der Waals surface area contributed by atoms with E-state index in [4.69, 9.17) is 9.47 Å². The van der Waals surface area contributed by atoms with E-state index in [9.17, 15) is 0 Å². The van der Waals surface area contributed by atoms with Crippen molar-refractivity contribution in [2.24, 2.45) is 0 Å². The highest BCUT2D eigenvalue weighted by atomic mass is 16.5. The van der Waals surface area contributed by atoms with E-state index in [0.717, 1.165) is 12.3 Å². The summed E-state index contributed by atoms with van der Waals surface area (Å²) >= 11 is 0. The Bertz CT molecular complexity index is 315. The summed E-state index contributed by atoms with van der Waals surface area (Å²) in [4.78, 5) is 0. The SMILES string of the molecule is COc1ccccc1CNC(C)C(C)OC. The quantitative estimate of drug-likeness (QED) is 0.802. The smallest absolute Gasteiger partial charge is 0.123 e. The monoisotopic (exact) mass is 223 g/mol. The third-order valence-electron chi connectivity index (χ3n) is 2.88. The maximum Gasteiger partial charge on any atom is 0.123 e. The fourth-order valence-corrected chi connectivity index (χ4v) is 1.49. The molecule has 0 amide bonds. The molecule has 2 atom stereocenters. The number of rotatable bonds is 6. The molecule has 0 bridgehead atoms. The Morgan fingerprint density at radius 2 is 1.88 bits per heavy atom. The van der Waals surface area contributed by atoms with Gasteiger partial charge in [0.15, 0.2) is 0 Å². The van der Waals surface area contributed by atoms with Crippen LogP contribution in [0.2, 0.25) is 0 Å². The first kappa shape index (κ1) is 13.0. The number of nitrogens with one attached hydrogen (secondary N) is 1. The van der Waals surface area contributed by atoms with Gasteiger partial charge >= 0.3 is 0 Å². The van der Waals surface area contributed by atoms with Crippen molar-refractivity contribution in [1.29, 1.82) is 0 Å². The molecule has 0 fully saturated rings. The van der Waals surface area contributed by atoms with Crippen LogP contribution in [0.25, 0.3) is 0 Å². The molecule has 0 aliphatic rings. The molecule has 0 aliphatic carbocycles. The zero-order chi connectivity index (χ0) is 12.0.